The van der Waals surface area contributed by atoms with Gasteiger partial charge < -0.3 is 0 Å². The van der Waals surface area contributed by atoms with Gasteiger partial charge in [-0.05, 0) is 31.3 Å². The second-order valence-corrected chi connectivity index (χ2v) is 4.48. The molecule has 0 atom stereocenters. The van der Waals surface area contributed by atoms with E-state index in [1.807, 2.05) is 0 Å². The van der Waals surface area contributed by atoms with E-state index in [-0.39, 0.29) is 11.8 Å². The van der Waals surface area contributed by atoms with Gasteiger partial charge in [0.15, 0.2) is 0 Å². The number of piperidine rings is 1. The zero-order valence-electron chi connectivity index (χ0n) is 8.62. The van der Waals surface area contributed by atoms with Crippen LogP contribution < -0.4 is 0 Å². The average Bonchev–Trinajstić information content (AvgIpc) is 2.16. The highest BCUT2D eigenvalue weighted by Crippen LogP contribution is 2.13. The minimum absolute atomic E-state index is 0.0189. The first-order valence-corrected chi connectivity index (χ1v) is 6.47. The van der Waals surface area contributed by atoms with Crippen LogP contribution in [-0.4, -0.2) is 35.3 Å². The molecule has 1 heterocycles. The summed E-state index contributed by atoms with van der Waals surface area (Å²) < 4.78 is 0. The van der Waals surface area contributed by atoms with Gasteiger partial charge in [0.2, 0.25) is 11.8 Å². The molecule has 0 aliphatic carbocycles. The minimum atomic E-state index is 0.0189. The average molecular weight is 215 g/mol. The molecule has 3 nitrogen and oxygen atoms in total. The zero-order chi connectivity index (χ0) is 10.4. The number of carbonyl (C=O) groups excluding carboxylic acids is 2. The summed E-state index contributed by atoms with van der Waals surface area (Å²) in [5.41, 5.74) is 0. The number of nitrogens with zero attached hydrogens (tertiary/aromatic N) is 1. The Hall–Kier alpha value is -0.510. The van der Waals surface area contributed by atoms with Gasteiger partial charge in [-0.1, -0.05) is 0 Å². The van der Waals surface area contributed by atoms with E-state index >= 15 is 0 Å². The van der Waals surface area contributed by atoms with Crippen LogP contribution in [0.5, 0.6) is 0 Å². The van der Waals surface area contributed by atoms with E-state index in [0.717, 1.165) is 25.0 Å². The zero-order valence-corrected chi connectivity index (χ0v) is 9.44. The smallest absolute Gasteiger partial charge is 0.229 e. The van der Waals surface area contributed by atoms with E-state index in [1.54, 1.807) is 11.8 Å². The van der Waals surface area contributed by atoms with Crippen LogP contribution in [0, 0.1) is 0 Å². The third kappa shape index (κ3) is 3.33. The summed E-state index contributed by atoms with van der Waals surface area (Å²) >= 11 is 1.80. The standard InChI is InChI=1S/C10H17NO2S/c1-14-8-3-2-7-11-9(12)5-4-6-10(11)13/h2-8H2,1H3. The number of amides is 2. The summed E-state index contributed by atoms with van der Waals surface area (Å²) in [6, 6.07) is 0. The molecule has 0 N–H and O–H groups in total. The number of rotatable bonds is 5. The monoisotopic (exact) mass is 215 g/mol. The van der Waals surface area contributed by atoms with Gasteiger partial charge in [0.25, 0.3) is 0 Å². The Morgan fingerprint density at radius 2 is 1.86 bits per heavy atom. The Morgan fingerprint density at radius 1 is 1.21 bits per heavy atom. The lowest BCUT2D eigenvalue weighted by atomic mass is 10.1. The van der Waals surface area contributed by atoms with Crippen molar-refractivity contribution in [1.82, 2.24) is 4.90 Å². The molecule has 2 amide bonds. The molecule has 14 heavy (non-hydrogen) atoms. The van der Waals surface area contributed by atoms with E-state index in [0.29, 0.717) is 19.4 Å². The van der Waals surface area contributed by atoms with E-state index in [4.69, 9.17) is 0 Å². The first-order chi connectivity index (χ1) is 6.75. The van der Waals surface area contributed by atoms with Crippen molar-refractivity contribution in [3.63, 3.8) is 0 Å². The lowest BCUT2D eigenvalue weighted by Crippen LogP contribution is -2.40. The Labute approximate surface area is 89.2 Å². The minimum Gasteiger partial charge on any atom is -0.283 e. The van der Waals surface area contributed by atoms with Crippen molar-refractivity contribution in [1.29, 1.82) is 0 Å². The van der Waals surface area contributed by atoms with Gasteiger partial charge in [-0.25, -0.2) is 0 Å². The fourth-order valence-corrected chi connectivity index (χ4v) is 2.06. The van der Waals surface area contributed by atoms with Gasteiger partial charge in [-0.15, -0.1) is 0 Å². The van der Waals surface area contributed by atoms with Gasteiger partial charge in [0.05, 0.1) is 0 Å². The molecule has 1 aliphatic rings. The first-order valence-electron chi connectivity index (χ1n) is 5.08. The maximum atomic E-state index is 11.4. The first kappa shape index (κ1) is 11.6. The molecule has 1 saturated heterocycles. The topological polar surface area (TPSA) is 37.4 Å². The Kier molecular flexibility index (Phi) is 5.01. The van der Waals surface area contributed by atoms with E-state index in [2.05, 4.69) is 6.26 Å². The Bertz CT molecular complexity index is 202. The summed E-state index contributed by atoms with van der Waals surface area (Å²) in [7, 11) is 0. The summed E-state index contributed by atoms with van der Waals surface area (Å²) in [5, 5.41) is 0. The Balaban J connectivity index is 2.26. The van der Waals surface area contributed by atoms with Crippen molar-refractivity contribution in [2.24, 2.45) is 0 Å². The largest absolute Gasteiger partial charge is 0.283 e. The number of hydrogen-bond donors (Lipinski definition) is 0. The molecule has 0 unspecified atom stereocenters. The maximum absolute atomic E-state index is 11.4. The van der Waals surface area contributed by atoms with Crippen LogP contribution in [-0.2, 0) is 9.59 Å². The van der Waals surface area contributed by atoms with Gasteiger partial charge in [0, 0.05) is 19.4 Å². The lowest BCUT2D eigenvalue weighted by molar-refractivity contribution is -0.147. The van der Waals surface area contributed by atoms with E-state index in [9.17, 15) is 9.59 Å². The van der Waals surface area contributed by atoms with Crippen molar-refractivity contribution in [3.8, 4) is 0 Å². The maximum Gasteiger partial charge on any atom is 0.229 e. The number of thioether (sulfide) groups is 1. The number of carbonyl (C=O) groups is 2. The molecule has 4 heteroatoms. The SMILES string of the molecule is CSCCCCN1C(=O)CCCC1=O. The van der Waals surface area contributed by atoms with Crippen LogP contribution >= 0.6 is 11.8 Å². The van der Waals surface area contributed by atoms with E-state index in [1.165, 1.54) is 4.90 Å². The number of hydrogen-bond acceptors (Lipinski definition) is 3. The van der Waals surface area contributed by atoms with Crippen molar-refractivity contribution >= 4 is 23.6 Å². The molecule has 0 bridgehead atoms. The molecule has 0 radical (unpaired) electrons. The van der Waals surface area contributed by atoms with Crippen molar-refractivity contribution < 1.29 is 9.59 Å². The molecule has 0 aromatic rings. The van der Waals surface area contributed by atoms with Crippen molar-refractivity contribution in [2.75, 3.05) is 18.6 Å². The molecular weight excluding hydrogens is 198 g/mol. The molecule has 0 aromatic heterocycles. The molecule has 1 rings (SSSR count). The number of likely N-dealkylation sites (tertiary alicyclic amines) is 1. The molecule has 0 aromatic carbocycles. The molecule has 1 fully saturated rings. The highest BCUT2D eigenvalue weighted by Gasteiger charge is 2.24. The van der Waals surface area contributed by atoms with Gasteiger partial charge >= 0.3 is 0 Å². The van der Waals surface area contributed by atoms with Crippen LogP contribution in [0.1, 0.15) is 32.1 Å². The van der Waals surface area contributed by atoms with Crippen molar-refractivity contribution in [2.45, 2.75) is 32.1 Å². The normalized spacial score (nSPS) is 17.6. The highest BCUT2D eigenvalue weighted by atomic mass is 32.2. The molecule has 80 valence electrons. The van der Waals surface area contributed by atoms with Crippen LogP contribution in [0.15, 0.2) is 0 Å². The van der Waals surface area contributed by atoms with Gasteiger partial charge in [0.1, 0.15) is 0 Å². The Morgan fingerprint density at radius 3 is 2.43 bits per heavy atom. The van der Waals surface area contributed by atoms with Crippen LogP contribution in [0.25, 0.3) is 0 Å². The fraction of sp³-hybridized carbons (Fsp3) is 0.800. The van der Waals surface area contributed by atoms with Crippen LogP contribution in [0.2, 0.25) is 0 Å². The predicted octanol–water partition coefficient (Wildman–Crippen LogP) is 1.67. The third-order valence-electron chi connectivity index (χ3n) is 2.36. The highest BCUT2D eigenvalue weighted by molar-refractivity contribution is 7.98. The van der Waals surface area contributed by atoms with Crippen molar-refractivity contribution in [3.05, 3.63) is 0 Å². The van der Waals surface area contributed by atoms with Gasteiger partial charge in [-0.3, -0.25) is 14.5 Å². The summed E-state index contributed by atoms with van der Waals surface area (Å²) in [4.78, 5) is 24.2. The lowest BCUT2D eigenvalue weighted by Gasteiger charge is -2.24. The molecule has 0 spiro atoms. The molecular formula is C10H17NO2S. The summed E-state index contributed by atoms with van der Waals surface area (Å²) in [5.74, 6) is 1.15. The molecule has 1 aliphatic heterocycles. The number of unbranched alkanes of at least 4 members (excludes halogenated alkanes) is 1. The van der Waals surface area contributed by atoms with Gasteiger partial charge in [-0.2, -0.15) is 11.8 Å². The third-order valence-corrected chi connectivity index (χ3v) is 3.06. The summed E-state index contributed by atoms with van der Waals surface area (Å²) in [6.07, 6.45) is 5.93. The molecule has 0 saturated carbocycles. The second kappa shape index (κ2) is 6.06. The second-order valence-electron chi connectivity index (χ2n) is 3.49. The van der Waals surface area contributed by atoms with E-state index < -0.39 is 0 Å². The van der Waals surface area contributed by atoms with Crippen LogP contribution in [0.3, 0.4) is 0 Å². The fourth-order valence-electron chi connectivity index (χ4n) is 1.57. The predicted molar refractivity (Wildman–Crippen MR) is 58.2 cm³/mol. The van der Waals surface area contributed by atoms with Crippen LogP contribution in [0.4, 0.5) is 0 Å². The summed E-state index contributed by atoms with van der Waals surface area (Å²) in [6.45, 7) is 0.623. The number of imide groups is 1. The quantitative estimate of drug-likeness (QED) is 0.517.